The molecular weight excluding hydrogens is 761 g/mol. The summed E-state index contributed by atoms with van der Waals surface area (Å²) < 4.78 is 45.1. The Morgan fingerprint density at radius 2 is 0.766 bits per heavy atom. The number of hydrogen-bond donors (Lipinski definition) is 1. The lowest BCUT2D eigenvalue weighted by atomic mass is 10.2. The Balaban J connectivity index is -0.000000176. The van der Waals surface area contributed by atoms with Crippen molar-refractivity contribution in [2.75, 3.05) is 5.75 Å². The molecule has 268 valence electrons. The molecule has 47 heavy (non-hydrogen) atoms. The number of aryl methyl sites for hydroxylation is 1. The third-order valence-corrected chi connectivity index (χ3v) is 7.64. The number of benzene rings is 4. The van der Waals surface area contributed by atoms with Crippen LogP contribution in [-0.2, 0) is 43.4 Å². The minimum Gasteiger partial charge on any atom is -0.326 e. The summed E-state index contributed by atoms with van der Waals surface area (Å²) >= 11 is 0. The summed E-state index contributed by atoms with van der Waals surface area (Å²) in [6.07, 6.45) is 0.579. The molecule has 0 fully saturated rings. The minimum atomic E-state index is -3.40. The third kappa shape index (κ3) is 33.5. The summed E-state index contributed by atoms with van der Waals surface area (Å²) in [6, 6.07) is 37.8. The second-order valence-corrected chi connectivity index (χ2v) is 13.1. The number of nitrogens with two attached hydrogens (primary N) is 1. The molecule has 0 radical (unpaired) electrons. The van der Waals surface area contributed by atoms with Gasteiger partial charge in [-0.15, -0.1) is 24.0 Å². The molecule has 4 aromatic rings. The molecule has 0 atom stereocenters. The van der Waals surface area contributed by atoms with Crippen LogP contribution in [0.1, 0.15) is 85.1 Å². The lowest BCUT2D eigenvalue weighted by molar-refractivity contribution is 0.594. The van der Waals surface area contributed by atoms with Gasteiger partial charge in [0.25, 0.3) is 0 Å². The lowest BCUT2D eigenvalue weighted by Gasteiger charge is -2.04. The maximum Gasteiger partial charge on any atom is 0.236 e. The third-order valence-electron chi connectivity index (χ3n) is 5.03. The van der Waals surface area contributed by atoms with Crippen molar-refractivity contribution < 1.29 is 16.8 Å². The maximum atomic E-state index is 12.0. The van der Waals surface area contributed by atoms with E-state index in [1.165, 1.54) is 5.56 Å². The Morgan fingerprint density at radius 3 is 1.04 bits per heavy atom. The molecule has 0 saturated heterocycles. The Morgan fingerprint density at radius 1 is 0.489 bits per heavy atom. The zero-order valence-corrected chi connectivity index (χ0v) is 33.6. The molecule has 0 spiro atoms. The average molecular weight is 822 g/mol. The van der Waals surface area contributed by atoms with Crippen LogP contribution in [-0.4, -0.2) is 22.6 Å². The van der Waals surface area contributed by atoms with Crippen molar-refractivity contribution in [3.63, 3.8) is 0 Å². The normalized spacial score (nSPS) is 9.06. The van der Waals surface area contributed by atoms with E-state index < -0.39 is 18.9 Å². The van der Waals surface area contributed by atoms with Gasteiger partial charge in [0, 0.05) is 17.2 Å². The molecule has 0 aromatic heterocycles. The van der Waals surface area contributed by atoms with Crippen LogP contribution < -0.4 is 5.73 Å². The summed E-state index contributed by atoms with van der Waals surface area (Å²) in [6.45, 7) is 16.6. The van der Waals surface area contributed by atoms with Gasteiger partial charge in [0.2, 0.25) is 9.05 Å². The van der Waals surface area contributed by atoms with Crippen molar-refractivity contribution >= 4 is 53.5 Å². The van der Waals surface area contributed by atoms with E-state index in [-0.39, 0.29) is 48.7 Å². The molecular formula is C38H61ClINO4S2. The summed E-state index contributed by atoms with van der Waals surface area (Å²) in [5, 5.41) is 0. The highest BCUT2D eigenvalue weighted by atomic mass is 127. The monoisotopic (exact) mass is 821 g/mol. The van der Waals surface area contributed by atoms with Crippen molar-refractivity contribution in [1.82, 2.24) is 0 Å². The van der Waals surface area contributed by atoms with E-state index >= 15 is 0 Å². The van der Waals surface area contributed by atoms with Gasteiger partial charge in [-0.1, -0.05) is 184 Å². The van der Waals surface area contributed by atoms with Gasteiger partial charge in [-0.3, -0.25) is 0 Å². The molecule has 5 nitrogen and oxygen atoms in total. The average Bonchev–Trinajstić information content (AvgIpc) is 3.09. The smallest absolute Gasteiger partial charge is 0.236 e. The van der Waals surface area contributed by atoms with E-state index in [1.807, 2.05) is 152 Å². The van der Waals surface area contributed by atoms with Gasteiger partial charge in [-0.05, 0) is 28.7 Å². The van der Waals surface area contributed by atoms with Gasteiger partial charge in [0.05, 0.1) is 17.3 Å². The molecule has 0 unspecified atom stereocenters. The highest BCUT2D eigenvalue weighted by Crippen LogP contribution is 2.09. The maximum absolute atomic E-state index is 12.0. The first-order valence-electron chi connectivity index (χ1n) is 15.7. The first-order valence-corrected chi connectivity index (χ1v) is 20.0. The van der Waals surface area contributed by atoms with Crippen LogP contribution in [0.4, 0.5) is 0 Å². The summed E-state index contributed by atoms with van der Waals surface area (Å²) in [7, 11) is -1.40. The summed E-state index contributed by atoms with van der Waals surface area (Å²) in [5.41, 5.74) is 9.16. The SMILES string of the molecule is C.CC.CC.CC.CC.I.NCc1ccccc1.O=S(=O)(CCc1ccccc1)Cc1ccccc1.O=S(=O)(Cl)Cc1ccccc1. The first-order chi connectivity index (χ1) is 21.7. The van der Waals surface area contributed by atoms with Gasteiger partial charge < -0.3 is 5.73 Å². The van der Waals surface area contributed by atoms with E-state index in [0.717, 1.165) is 11.1 Å². The van der Waals surface area contributed by atoms with Crippen LogP contribution in [0, 0.1) is 0 Å². The Hall–Kier alpha value is -2.24. The number of sulfone groups is 1. The lowest BCUT2D eigenvalue weighted by Crippen LogP contribution is -2.11. The molecule has 0 saturated carbocycles. The molecule has 4 aromatic carbocycles. The largest absolute Gasteiger partial charge is 0.326 e. The van der Waals surface area contributed by atoms with Crippen LogP contribution in [0.15, 0.2) is 121 Å². The first kappa shape index (κ1) is 54.2. The topological polar surface area (TPSA) is 94.3 Å². The molecule has 0 bridgehead atoms. The summed E-state index contributed by atoms with van der Waals surface area (Å²) in [4.78, 5) is 0. The predicted molar refractivity (Wildman–Crippen MR) is 221 cm³/mol. The second-order valence-electron chi connectivity index (χ2n) is 8.17. The number of halogens is 2. The minimum absolute atomic E-state index is 0. The molecule has 0 aliphatic carbocycles. The fourth-order valence-corrected chi connectivity index (χ4v) is 5.57. The molecule has 4 rings (SSSR count). The highest BCUT2D eigenvalue weighted by molar-refractivity contribution is 14.0. The Labute approximate surface area is 310 Å². The van der Waals surface area contributed by atoms with E-state index in [0.29, 0.717) is 18.5 Å². The summed E-state index contributed by atoms with van der Waals surface area (Å²) in [5.74, 6) is 0.224. The molecule has 0 heterocycles. The quantitative estimate of drug-likeness (QED) is 0.141. The predicted octanol–water partition coefficient (Wildman–Crippen LogP) is 11.1. The molecule has 0 aliphatic heterocycles. The van der Waals surface area contributed by atoms with Crippen LogP contribution in [0.3, 0.4) is 0 Å². The van der Waals surface area contributed by atoms with Crippen molar-refractivity contribution in [2.45, 2.75) is 87.3 Å². The standard InChI is InChI=1S/C15H16O2S.C7H7ClO2S.C7H9N.4C2H6.CH4.HI/c16-18(17,13-15-9-5-2-6-10-15)12-11-14-7-3-1-4-8-14;8-11(9,10)6-7-4-2-1-3-5-7;8-6-7-4-2-1-3-5-7;4*1-2;;/h1-10H,11-13H2;1-5H,6H2;1-5H,6,8H2;4*1-2H3;1H4;1H. The van der Waals surface area contributed by atoms with Gasteiger partial charge in [0.1, 0.15) is 0 Å². The van der Waals surface area contributed by atoms with Crippen LogP contribution in [0.2, 0.25) is 0 Å². The molecule has 0 aliphatic rings. The van der Waals surface area contributed by atoms with E-state index in [9.17, 15) is 16.8 Å². The molecule has 2 N–H and O–H groups in total. The van der Waals surface area contributed by atoms with Gasteiger partial charge >= 0.3 is 0 Å². The number of rotatable bonds is 8. The van der Waals surface area contributed by atoms with Crippen LogP contribution >= 0.6 is 34.7 Å². The van der Waals surface area contributed by atoms with E-state index in [4.69, 9.17) is 16.4 Å². The van der Waals surface area contributed by atoms with Gasteiger partial charge in [-0.25, -0.2) is 16.8 Å². The van der Waals surface area contributed by atoms with Crippen molar-refractivity contribution in [3.8, 4) is 0 Å². The fraction of sp³-hybridized carbons (Fsp3) is 0.368. The zero-order valence-electron chi connectivity index (χ0n) is 28.9. The van der Waals surface area contributed by atoms with Crippen LogP contribution in [0.5, 0.6) is 0 Å². The van der Waals surface area contributed by atoms with Gasteiger partial charge in [0.15, 0.2) is 9.84 Å². The fourth-order valence-electron chi connectivity index (χ4n) is 3.21. The van der Waals surface area contributed by atoms with E-state index in [2.05, 4.69) is 0 Å². The van der Waals surface area contributed by atoms with Gasteiger partial charge in [-0.2, -0.15) is 0 Å². The van der Waals surface area contributed by atoms with Crippen molar-refractivity contribution in [1.29, 1.82) is 0 Å². The zero-order chi connectivity index (χ0) is 35.0. The Kier molecular flexibility index (Phi) is 42.2. The number of hydrogen-bond acceptors (Lipinski definition) is 5. The molecule has 9 heteroatoms. The van der Waals surface area contributed by atoms with E-state index in [1.54, 1.807) is 24.3 Å². The van der Waals surface area contributed by atoms with Crippen molar-refractivity contribution in [2.24, 2.45) is 5.73 Å². The Bertz CT molecular complexity index is 1380. The van der Waals surface area contributed by atoms with Crippen LogP contribution in [0.25, 0.3) is 0 Å². The van der Waals surface area contributed by atoms with Crippen molar-refractivity contribution in [3.05, 3.63) is 144 Å². The molecule has 0 amide bonds. The highest BCUT2D eigenvalue weighted by Gasteiger charge is 2.11. The second kappa shape index (κ2) is 36.6.